The summed E-state index contributed by atoms with van der Waals surface area (Å²) in [6.45, 7) is 0. The van der Waals surface area contributed by atoms with Crippen LogP contribution in [-0.2, 0) is 6.42 Å². The summed E-state index contributed by atoms with van der Waals surface area (Å²) in [6.07, 6.45) is 0.225. The van der Waals surface area contributed by atoms with Crippen LogP contribution in [0.15, 0.2) is 40.9 Å². The molecule has 0 saturated carbocycles. The van der Waals surface area contributed by atoms with Gasteiger partial charge in [-0.25, -0.2) is 8.78 Å². The Morgan fingerprint density at radius 3 is 2.60 bits per heavy atom. The van der Waals surface area contributed by atoms with Gasteiger partial charge in [0.25, 0.3) is 0 Å². The summed E-state index contributed by atoms with van der Waals surface area (Å²) in [6, 6.07) is 8.37. The van der Waals surface area contributed by atoms with Crippen LogP contribution in [0.3, 0.4) is 0 Å². The monoisotopic (exact) mass is 341 g/mol. The van der Waals surface area contributed by atoms with E-state index in [1.54, 1.807) is 13.2 Å². The second-order valence-corrected chi connectivity index (χ2v) is 5.29. The van der Waals surface area contributed by atoms with Crippen molar-refractivity contribution in [3.05, 3.63) is 63.6 Å². The maximum Gasteiger partial charge on any atom is 0.133 e. The van der Waals surface area contributed by atoms with E-state index in [1.807, 2.05) is 12.1 Å². The van der Waals surface area contributed by atoms with Gasteiger partial charge in [0.15, 0.2) is 0 Å². The number of halogens is 3. The molecule has 2 N–H and O–H groups in total. The molecule has 2 nitrogen and oxygen atoms in total. The fourth-order valence-electron chi connectivity index (χ4n) is 1.97. The summed E-state index contributed by atoms with van der Waals surface area (Å²) in [5.74, 6) is -0.225. The predicted octanol–water partition coefficient (Wildman–Crippen LogP) is 3.98. The van der Waals surface area contributed by atoms with Gasteiger partial charge in [0, 0.05) is 6.04 Å². The topological polar surface area (TPSA) is 35.2 Å². The summed E-state index contributed by atoms with van der Waals surface area (Å²) in [7, 11) is 1.57. The number of nitrogens with two attached hydrogens (primary N) is 1. The molecular formula is C15H14BrF2NO. The molecule has 0 saturated heterocycles. The van der Waals surface area contributed by atoms with Gasteiger partial charge in [-0.05, 0) is 63.8 Å². The van der Waals surface area contributed by atoms with Gasteiger partial charge in [0.05, 0.1) is 11.6 Å². The number of hydrogen-bond donors (Lipinski definition) is 1. The van der Waals surface area contributed by atoms with E-state index in [9.17, 15) is 8.78 Å². The Morgan fingerprint density at radius 1 is 1.20 bits per heavy atom. The van der Waals surface area contributed by atoms with Crippen molar-refractivity contribution in [2.75, 3.05) is 7.11 Å². The minimum absolute atomic E-state index is 0.225. The lowest BCUT2D eigenvalue weighted by Crippen LogP contribution is -2.14. The highest BCUT2D eigenvalue weighted by atomic mass is 79.9. The first-order valence-electron chi connectivity index (χ1n) is 6.04. The lowest BCUT2D eigenvalue weighted by molar-refractivity contribution is 0.412. The molecule has 0 aliphatic rings. The molecule has 1 unspecified atom stereocenters. The number of methoxy groups -OCH3 is 1. The second-order valence-electron chi connectivity index (χ2n) is 4.44. The number of hydrogen-bond acceptors (Lipinski definition) is 2. The SMILES string of the molecule is COc1ccc(C(N)Cc2cc(F)ccc2F)cc1Br. The highest BCUT2D eigenvalue weighted by Crippen LogP contribution is 2.28. The Labute approximate surface area is 124 Å². The van der Waals surface area contributed by atoms with Crippen molar-refractivity contribution in [1.82, 2.24) is 0 Å². The van der Waals surface area contributed by atoms with Crippen LogP contribution in [0.1, 0.15) is 17.2 Å². The van der Waals surface area contributed by atoms with Crippen molar-refractivity contribution in [2.24, 2.45) is 5.73 Å². The lowest BCUT2D eigenvalue weighted by atomic mass is 9.99. The molecule has 0 bridgehead atoms. The van der Waals surface area contributed by atoms with Gasteiger partial charge < -0.3 is 10.5 Å². The third kappa shape index (κ3) is 3.35. The molecule has 0 heterocycles. The molecule has 0 fully saturated rings. The van der Waals surface area contributed by atoms with Crippen molar-refractivity contribution in [3.63, 3.8) is 0 Å². The van der Waals surface area contributed by atoms with Crippen molar-refractivity contribution in [1.29, 1.82) is 0 Å². The van der Waals surface area contributed by atoms with Crippen LogP contribution < -0.4 is 10.5 Å². The molecule has 2 aromatic carbocycles. The Morgan fingerprint density at radius 2 is 1.95 bits per heavy atom. The van der Waals surface area contributed by atoms with Crippen LogP contribution >= 0.6 is 15.9 Å². The van der Waals surface area contributed by atoms with Crippen LogP contribution in [0, 0.1) is 11.6 Å². The minimum atomic E-state index is -0.468. The summed E-state index contributed by atoms with van der Waals surface area (Å²) in [4.78, 5) is 0. The molecule has 0 aliphatic carbocycles. The molecule has 106 valence electrons. The predicted molar refractivity (Wildman–Crippen MR) is 77.7 cm³/mol. The molecule has 2 rings (SSSR count). The van der Waals surface area contributed by atoms with Crippen LogP contribution in [0.25, 0.3) is 0 Å². The summed E-state index contributed by atoms with van der Waals surface area (Å²) >= 11 is 3.37. The number of ether oxygens (including phenoxy) is 1. The molecule has 0 radical (unpaired) electrons. The van der Waals surface area contributed by atoms with E-state index >= 15 is 0 Å². The fourth-order valence-corrected chi connectivity index (χ4v) is 2.53. The molecule has 2 aromatic rings. The molecule has 0 aromatic heterocycles. The largest absolute Gasteiger partial charge is 0.496 e. The van der Waals surface area contributed by atoms with E-state index in [2.05, 4.69) is 15.9 Å². The average molecular weight is 342 g/mol. The fraction of sp³-hybridized carbons (Fsp3) is 0.200. The Balaban J connectivity index is 2.21. The lowest BCUT2D eigenvalue weighted by Gasteiger charge is -2.14. The summed E-state index contributed by atoms with van der Waals surface area (Å²) < 4.78 is 32.6. The zero-order chi connectivity index (χ0) is 14.7. The van der Waals surface area contributed by atoms with Gasteiger partial charge in [-0.1, -0.05) is 6.07 Å². The molecule has 0 aliphatic heterocycles. The van der Waals surface area contributed by atoms with Crippen LogP contribution in [0.2, 0.25) is 0 Å². The van der Waals surface area contributed by atoms with Crippen molar-refractivity contribution < 1.29 is 13.5 Å². The zero-order valence-corrected chi connectivity index (χ0v) is 12.5. The maximum absolute atomic E-state index is 13.6. The highest BCUT2D eigenvalue weighted by molar-refractivity contribution is 9.10. The quantitative estimate of drug-likeness (QED) is 0.912. The summed E-state index contributed by atoms with van der Waals surface area (Å²) in [5.41, 5.74) is 7.14. The maximum atomic E-state index is 13.6. The Hall–Kier alpha value is -1.46. The van der Waals surface area contributed by atoms with E-state index in [0.717, 1.165) is 22.2 Å². The molecule has 0 spiro atoms. The van der Waals surface area contributed by atoms with E-state index in [0.29, 0.717) is 5.75 Å². The molecule has 5 heteroatoms. The smallest absolute Gasteiger partial charge is 0.133 e. The van der Waals surface area contributed by atoms with Crippen LogP contribution in [0.5, 0.6) is 5.75 Å². The van der Waals surface area contributed by atoms with Gasteiger partial charge in [-0.2, -0.15) is 0 Å². The average Bonchev–Trinajstić information content (AvgIpc) is 2.42. The van der Waals surface area contributed by atoms with Crippen molar-refractivity contribution in [3.8, 4) is 5.75 Å². The molecule has 1 atom stereocenters. The Kier molecular flexibility index (Phi) is 4.73. The van der Waals surface area contributed by atoms with Crippen LogP contribution in [0.4, 0.5) is 8.78 Å². The van der Waals surface area contributed by atoms with Crippen LogP contribution in [-0.4, -0.2) is 7.11 Å². The number of rotatable bonds is 4. The molecular weight excluding hydrogens is 328 g/mol. The van der Waals surface area contributed by atoms with Gasteiger partial charge in [-0.15, -0.1) is 0 Å². The van der Waals surface area contributed by atoms with Gasteiger partial charge in [0.2, 0.25) is 0 Å². The van der Waals surface area contributed by atoms with Gasteiger partial charge >= 0.3 is 0 Å². The molecule has 20 heavy (non-hydrogen) atoms. The normalized spacial score (nSPS) is 12.2. The highest BCUT2D eigenvalue weighted by Gasteiger charge is 2.13. The summed E-state index contributed by atoms with van der Waals surface area (Å²) in [5, 5.41) is 0. The first-order chi connectivity index (χ1) is 9.51. The van der Waals surface area contributed by atoms with E-state index in [1.165, 1.54) is 6.07 Å². The van der Waals surface area contributed by atoms with E-state index in [4.69, 9.17) is 10.5 Å². The third-order valence-corrected chi connectivity index (χ3v) is 3.67. The van der Waals surface area contributed by atoms with Gasteiger partial charge in [-0.3, -0.25) is 0 Å². The number of benzene rings is 2. The molecule has 0 amide bonds. The first-order valence-corrected chi connectivity index (χ1v) is 6.83. The Bertz CT molecular complexity index is 619. The zero-order valence-electron chi connectivity index (χ0n) is 10.9. The van der Waals surface area contributed by atoms with Crippen molar-refractivity contribution >= 4 is 15.9 Å². The van der Waals surface area contributed by atoms with Gasteiger partial charge in [0.1, 0.15) is 17.4 Å². The third-order valence-electron chi connectivity index (χ3n) is 3.05. The van der Waals surface area contributed by atoms with E-state index in [-0.39, 0.29) is 12.0 Å². The van der Waals surface area contributed by atoms with E-state index < -0.39 is 17.7 Å². The second kappa shape index (κ2) is 6.33. The standard InChI is InChI=1S/C15H14BrF2NO/c1-20-15-5-2-9(7-12(15)16)14(19)8-10-6-11(17)3-4-13(10)18/h2-7,14H,8,19H2,1H3. The van der Waals surface area contributed by atoms with Crippen molar-refractivity contribution in [2.45, 2.75) is 12.5 Å². The first kappa shape index (κ1) is 14.9. The minimum Gasteiger partial charge on any atom is -0.496 e.